The number of hydrogen-bond donors (Lipinski definition) is 1. The Labute approximate surface area is 120 Å². The number of thiophene rings is 1. The summed E-state index contributed by atoms with van der Waals surface area (Å²) in [7, 11) is 0. The molecule has 1 rings (SSSR count). The number of carbonyl (C=O) groups excluding carboxylic acids is 1. The summed E-state index contributed by atoms with van der Waals surface area (Å²) in [4.78, 5) is 13.9. The minimum Gasteiger partial charge on any atom is -0.456 e. The Morgan fingerprint density at radius 2 is 1.79 bits per heavy atom. The molecule has 0 spiro atoms. The molecule has 0 aliphatic rings. The van der Waals surface area contributed by atoms with Crippen LogP contribution in [0.1, 0.15) is 68.1 Å². The third-order valence-electron chi connectivity index (χ3n) is 3.28. The molecule has 0 aromatic carbocycles. The van der Waals surface area contributed by atoms with E-state index in [1.54, 1.807) is 0 Å². The molecule has 1 heterocycles. The third kappa shape index (κ3) is 3.50. The Morgan fingerprint density at radius 1 is 1.26 bits per heavy atom. The topological polar surface area (TPSA) is 52.3 Å². The fraction of sp³-hybridized carbons (Fsp3) is 0.667. The zero-order valence-electron chi connectivity index (χ0n) is 13.0. The van der Waals surface area contributed by atoms with Crippen molar-refractivity contribution in [1.29, 1.82) is 0 Å². The summed E-state index contributed by atoms with van der Waals surface area (Å²) in [5.41, 5.74) is 7.19. The van der Waals surface area contributed by atoms with E-state index in [9.17, 15) is 4.79 Å². The van der Waals surface area contributed by atoms with Crippen LogP contribution in [-0.2, 0) is 10.2 Å². The van der Waals surface area contributed by atoms with Crippen molar-refractivity contribution >= 4 is 23.0 Å². The summed E-state index contributed by atoms with van der Waals surface area (Å²) in [6, 6.07) is 0. The molecule has 0 unspecified atom stereocenters. The van der Waals surface area contributed by atoms with E-state index in [-0.39, 0.29) is 11.4 Å². The summed E-state index contributed by atoms with van der Waals surface area (Å²) < 4.78 is 5.41. The highest BCUT2D eigenvalue weighted by molar-refractivity contribution is 7.15. The van der Waals surface area contributed by atoms with E-state index < -0.39 is 5.60 Å². The van der Waals surface area contributed by atoms with Gasteiger partial charge in [-0.25, -0.2) is 4.79 Å². The van der Waals surface area contributed by atoms with Crippen LogP contribution in [0.2, 0.25) is 0 Å². The highest BCUT2D eigenvalue weighted by atomic mass is 32.1. The molecule has 4 heteroatoms. The zero-order valence-corrected chi connectivity index (χ0v) is 13.8. The van der Waals surface area contributed by atoms with Gasteiger partial charge in [-0.2, -0.15) is 0 Å². The van der Waals surface area contributed by atoms with Gasteiger partial charge in [-0.3, -0.25) is 0 Å². The Kier molecular flexibility index (Phi) is 4.35. The molecule has 0 saturated carbocycles. The van der Waals surface area contributed by atoms with Gasteiger partial charge in [0.05, 0.1) is 5.69 Å². The lowest BCUT2D eigenvalue weighted by Crippen LogP contribution is -2.23. The number of ether oxygens (including phenoxy) is 1. The molecule has 0 bridgehead atoms. The molecule has 108 valence electrons. The van der Waals surface area contributed by atoms with Crippen LogP contribution >= 0.6 is 11.3 Å². The second-order valence-corrected chi connectivity index (χ2v) is 7.56. The fourth-order valence-electron chi connectivity index (χ4n) is 1.81. The van der Waals surface area contributed by atoms with Crippen LogP contribution in [0, 0.1) is 6.92 Å². The maximum Gasteiger partial charge on any atom is 0.350 e. The SMILES string of the molecule is CCC(C)(C)c1sc(C(=O)OC(C)(C)C)c(N)c1C. The number of carbonyl (C=O) groups is 1. The number of anilines is 1. The Bertz CT molecular complexity index is 481. The largest absolute Gasteiger partial charge is 0.456 e. The highest BCUT2D eigenvalue weighted by Crippen LogP contribution is 2.40. The van der Waals surface area contributed by atoms with Crippen LogP contribution in [0.3, 0.4) is 0 Å². The minimum absolute atomic E-state index is 0.0309. The molecular weight excluding hydrogens is 258 g/mol. The van der Waals surface area contributed by atoms with Crippen LogP contribution in [0.25, 0.3) is 0 Å². The Morgan fingerprint density at radius 3 is 2.21 bits per heavy atom. The van der Waals surface area contributed by atoms with Gasteiger partial charge in [0, 0.05) is 4.88 Å². The van der Waals surface area contributed by atoms with E-state index in [1.807, 2.05) is 27.7 Å². The molecule has 0 aliphatic heterocycles. The minimum atomic E-state index is -0.498. The van der Waals surface area contributed by atoms with Gasteiger partial charge >= 0.3 is 5.97 Å². The van der Waals surface area contributed by atoms with Gasteiger partial charge in [0.15, 0.2) is 0 Å². The van der Waals surface area contributed by atoms with Gasteiger partial charge in [0.25, 0.3) is 0 Å². The fourth-order valence-corrected chi connectivity index (χ4v) is 3.08. The first-order chi connectivity index (χ1) is 8.49. The molecule has 0 atom stereocenters. The first-order valence-electron chi connectivity index (χ1n) is 6.62. The molecule has 1 aromatic rings. The normalized spacial score (nSPS) is 12.6. The molecule has 19 heavy (non-hydrogen) atoms. The van der Waals surface area contributed by atoms with E-state index in [0.29, 0.717) is 10.6 Å². The second kappa shape index (κ2) is 5.16. The molecule has 2 N–H and O–H groups in total. The summed E-state index contributed by atoms with van der Waals surface area (Å²) in [6.07, 6.45) is 1.00. The van der Waals surface area contributed by atoms with Gasteiger partial charge in [0.1, 0.15) is 10.5 Å². The summed E-state index contributed by atoms with van der Waals surface area (Å²) in [5.74, 6) is -0.323. The number of rotatable bonds is 3. The molecule has 0 aliphatic carbocycles. The number of hydrogen-bond acceptors (Lipinski definition) is 4. The van der Waals surface area contributed by atoms with Gasteiger partial charge in [0.2, 0.25) is 0 Å². The van der Waals surface area contributed by atoms with Crippen LogP contribution in [0.5, 0.6) is 0 Å². The average Bonchev–Trinajstić information content (AvgIpc) is 2.54. The van der Waals surface area contributed by atoms with Crippen molar-refractivity contribution in [3.05, 3.63) is 15.3 Å². The number of esters is 1. The van der Waals surface area contributed by atoms with Crippen molar-refractivity contribution in [3.63, 3.8) is 0 Å². The van der Waals surface area contributed by atoms with Crippen LogP contribution in [0.15, 0.2) is 0 Å². The van der Waals surface area contributed by atoms with Crippen molar-refractivity contribution in [2.24, 2.45) is 0 Å². The van der Waals surface area contributed by atoms with E-state index >= 15 is 0 Å². The lowest BCUT2D eigenvalue weighted by molar-refractivity contribution is 0.00763. The van der Waals surface area contributed by atoms with Gasteiger partial charge in [-0.1, -0.05) is 20.8 Å². The van der Waals surface area contributed by atoms with Crippen LogP contribution in [-0.4, -0.2) is 11.6 Å². The predicted octanol–water partition coefficient (Wildman–Crippen LogP) is 4.28. The van der Waals surface area contributed by atoms with Crippen molar-refractivity contribution in [1.82, 2.24) is 0 Å². The van der Waals surface area contributed by atoms with Gasteiger partial charge in [-0.15, -0.1) is 11.3 Å². The standard InChI is InChI=1S/C15H25NO2S/c1-8-15(6,7)12-9(2)10(16)11(19-12)13(17)18-14(3,4)5/h8,16H2,1-7H3. The summed E-state index contributed by atoms with van der Waals surface area (Å²) >= 11 is 1.47. The maximum absolute atomic E-state index is 12.2. The molecule has 3 nitrogen and oxygen atoms in total. The first kappa shape index (κ1) is 16.0. The quantitative estimate of drug-likeness (QED) is 0.842. The van der Waals surface area contributed by atoms with E-state index in [4.69, 9.17) is 10.5 Å². The van der Waals surface area contributed by atoms with E-state index in [0.717, 1.165) is 12.0 Å². The van der Waals surface area contributed by atoms with E-state index in [1.165, 1.54) is 16.2 Å². The van der Waals surface area contributed by atoms with Gasteiger partial charge in [-0.05, 0) is 45.1 Å². The van der Waals surface area contributed by atoms with Crippen LogP contribution in [0.4, 0.5) is 5.69 Å². The van der Waals surface area contributed by atoms with Gasteiger partial charge < -0.3 is 10.5 Å². The molecule has 0 radical (unpaired) electrons. The molecular formula is C15H25NO2S. The van der Waals surface area contributed by atoms with Crippen LogP contribution < -0.4 is 5.73 Å². The number of nitrogen functional groups attached to an aromatic ring is 1. The maximum atomic E-state index is 12.2. The average molecular weight is 283 g/mol. The Hall–Kier alpha value is -1.03. The predicted molar refractivity (Wildman–Crippen MR) is 82.0 cm³/mol. The zero-order chi connectivity index (χ0) is 15.0. The molecule has 0 amide bonds. The second-order valence-electron chi connectivity index (χ2n) is 6.54. The van der Waals surface area contributed by atoms with Crippen molar-refractivity contribution in [2.75, 3.05) is 5.73 Å². The van der Waals surface area contributed by atoms with E-state index in [2.05, 4.69) is 20.8 Å². The molecule has 0 saturated heterocycles. The van der Waals surface area contributed by atoms with Crippen molar-refractivity contribution < 1.29 is 9.53 Å². The smallest absolute Gasteiger partial charge is 0.350 e. The summed E-state index contributed by atoms with van der Waals surface area (Å²) in [6.45, 7) is 14.0. The Balaban J connectivity index is 3.19. The first-order valence-corrected chi connectivity index (χ1v) is 7.44. The molecule has 1 aromatic heterocycles. The number of nitrogens with two attached hydrogens (primary N) is 1. The summed E-state index contributed by atoms with van der Waals surface area (Å²) in [5, 5.41) is 0. The van der Waals surface area contributed by atoms with Crippen molar-refractivity contribution in [2.45, 2.75) is 65.9 Å². The lowest BCUT2D eigenvalue weighted by atomic mass is 9.86. The lowest BCUT2D eigenvalue weighted by Gasteiger charge is -2.22. The monoisotopic (exact) mass is 283 g/mol. The third-order valence-corrected chi connectivity index (χ3v) is 4.93. The highest BCUT2D eigenvalue weighted by Gasteiger charge is 2.29. The molecule has 0 fully saturated rings. The van der Waals surface area contributed by atoms with Crippen molar-refractivity contribution in [3.8, 4) is 0 Å².